The first-order valence-electron chi connectivity index (χ1n) is 4.53. The van der Waals surface area contributed by atoms with Crippen LogP contribution in [0, 0.1) is 0 Å². The third kappa shape index (κ3) is 3.30. The van der Waals surface area contributed by atoms with E-state index in [1.165, 1.54) is 0 Å². The molecule has 13 heavy (non-hydrogen) atoms. The monoisotopic (exact) mass is 188 g/mol. The van der Waals surface area contributed by atoms with Crippen molar-refractivity contribution < 1.29 is 14.6 Å². The number of aliphatic carboxylic acids is 1. The van der Waals surface area contributed by atoms with E-state index in [1.54, 1.807) is 0 Å². The molecule has 0 aromatic carbocycles. The zero-order chi connectivity index (χ0) is 9.68. The van der Waals surface area contributed by atoms with E-state index in [9.17, 15) is 4.79 Å². The molecule has 76 valence electrons. The molecule has 5 heteroatoms. The summed E-state index contributed by atoms with van der Waals surface area (Å²) >= 11 is 0. The maximum absolute atomic E-state index is 10.5. The summed E-state index contributed by atoms with van der Waals surface area (Å²) in [7, 11) is 0. The van der Waals surface area contributed by atoms with Gasteiger partial charge >= 0.3 is 5.97 Å². The Labute approximate surface area is 77.2 Å². The number of carboxylic acid groups (broad SMARTS) is 1. The summed E-state index contributed by atoms with van der Waals surface area (Å²) in [5.74, 6) is -0.860. The van der Waals surface area contributed by atoms with Crippen LogP contribution in [-0.4, -0.2) is 42.9 Å². The van der Waals surface area contributed by atoms with Crippen LogP contribution in [0.3, 0.4) is 0 Å². The highest BCUT2D eigenvalue weighted by Gasteiger charge is 2.29. The molecule has 2 atom stereocenters. The first-order valence-corrected chi connectivity index (χ1v) is 4.53. The van der Waals surface area contributed by atoms with E-state index < -0.39 is 12.1 Å². The first kappa shape index (κ1) is 10.4. The molecule has 1 heterocycles. The fourth-order valence-electron chi connectivity index (χ4n) is 1.40. The average Bonchev–Trinajstić information content (AvgIpc) is 2.53. The molecule has 0 spiro atoms. The van der Waals surface area contributed by atoms with E-state index in [1.807, 2.05) is 0 Å². The van der Waals surface area contributed by atoms with Gasteiger partial charge in [-0.2, -0.15) is 0 Å². The van der Waals surface area contributed by atoms with E-state index in [0.29, 0.717) is 19.5 Å². The maximum atomic E-state index is 10.5. The quantitative estimate of drug-likeness (QED) is 0.490. The van der Waals surface area contributed by atoms with Crippen molar-refractivity contribution >= 4 is 5.97 Å². The molecule has 1 aliphatic heterocycles. The lowest BCUT2D eigenvalue weighted by atomic mass is 10.2. The number of carbonyl (C=O) groups is 1. The molecular formula is C8H16N2O3. The Balaban J connectivity index is 2.14. The Bertz CT molecular complexity index is 175. The number of hydrogen-bond donors (Lipinski definition) is 3. The predicted molar refractivity (Wildman–Crippen MR) is 47.5 cm³/mol. The molecule has 5 nitrogen and oxygen atoms in total. The Hall–Kier alpha value is -0.650. The van der Waals surface area contributed by atoms with E-state index in [2.05, 4.69) is 5.32 Å². The molecule has 2 unspecified atom stereocenters. The fourth-order valence-corrected chi connectivity index (χ4v) is 1.40. The Kier molecular flexibility index (Phi) is 4.14. The summed E-state index contributed by atoms with van der Waals surface area (Å²) in [5, 5.41) is 11.7. The molecule has 0 amide bonds. The number of nitrogens with one attached hydrogen (secondary N) is 1. The van der Waals surface area contributed by atoms with Crippen LogP contribution in [0.2, 0.25) is 0 Å². The van der Waals surface area contributed by atoms with E-state index in [0.717, 1.165) is 13.0 Å². The standard InChI is InChI=1S/C8H16N2O3/c9-3-4-10-5-6-1-2-7(13-6)8(11)12/h6-7,10H,1-5,9H2,(H,11,12). The highest BCUT2D eigenvalue weighted by Crippen LogP contribution is 2.18. The Morgan fingerprint density at radius 3 is 2.92 bits per heavy atom. The molecule has 0 saturated carbocycles. The van der Waals surface area contributed by atoms with Crippen molar-refractivity contribution in [3.05, 3.63) is 0 Å². The summed E-state index contributed by atoms with van der Waals surface area (Å²) < 4.78 is 5.27. The highest BCUT2D eigenvalue weighted by molar-refractivity contribution is 5.72. The van der Waals surface area contributed by atoms with Crippen LogP contribution in [0.5, 0.6) is 0 Å². The second-order valence-corrected chi connectivity index (χ2v) is 3.16. The van der Waals surface area contributed by atoms with Crippen LogP contribution < -0.4 is 11.1 Å². The van der Waals surface area contributed by atoms with Crippen molar-refractivity contribution in [1.29, 1.82) is 0 Å². The number of hydrogen-bond acceptors (Lipinski definition) is 4. The molecule has 0 aromatic rings. The first-order chi connectivity index (χ1) is 6.24. The molecule has 4 N–H and O–H groups in total. The van der Waals surface area contributed by atoms with E-state index in [4.69, 9.17) is 15.6 Å². The lowest BCUT2D eigenvalue weighted by Crippen LogP contribution is -2.31. The maximum Gasteiger partial charge on any atom is 0.332 e. The van der Waals surface area contributed by atoms with Crippen LogP contribution in [-0.2, 0) is 9.53 Å². The van der Waals surface area contributed by atoms with Crippen LogP contribution in [0.15, 0.2) is 0 Å². The van der Waals surface area contributed by atoms with Gasteiger partial charge in [0.2, 0.25) is 0 Å². The Morgan fingerprint density at radius 2 is 2.38 bits per heavy atom. The third-order valence-electron chi connectivity index (χ3n) is 2.08. The Morgan fingerprint density at radius 1 is 1.62 bits per heavy atom. The molecule has 1 fully saturated rings. The van der Waals surface area contributed by atoms with Gasteiger partial charge in [0.05, 0.1) is 6.10 Å². The largest absolute Gasteiger partial charge is 0.479 e. The van der Waals surface area contributed by atoms with E-state index in [-0.39, 0.29) is 6.10 Å². The van der Waals surface area contributed by atoms with Crippen molar-refractivity contribution in [2.24, 2.45) is 5.73 Å². The van der Waals surface area contributed by atoms with Gasteiger partial charge < -0.3 is 20.9 Å². The molecule has 0 radical (unpaired) electrons. The molecule has 0 aromatic heterocycles. The smallest absolute Gasteiger partial charge is 0.332 e. The van der Waals surface area contributed by atoms with Crippen molar-refractivity contribution in [3.8, 4) is 0 Å². The molecule has 1 aliphatic rings. The van der Waals surface area contributed by atoms with Gasteiger partial charge in [-0.15, -0.1) is 0 Å². The highest BCUT2D eigenvalue weighted by atomic mass is 16.5. The van der Waals surface area contributed by atoms with Crippen molar-refractivity contribution in [2.75, 3.05) is 19.6 Å². The van der Waals surface area contributed by atoms with Crippen LogP contribution in [0.4, 0.5) is 0 Å². The zero-order valence-corrected chi connectivity index (χ0v) is 7.53. The molecule has 0 aliphatic carbocycles. The van der Waals surface area contributed by atoms with Gasteiger partial charge in [-0.05, 0) is 12.8 Å². The van der Waals surface area contributed by atoms with Gasteiger partial charge in [0, 0.05) is 19.6 Å². The lowest BCUT2D eigenvalue weighted by molar-refractivity contribution is -0.149. The number of rotatable bonds is 5. The van der Waals surface area contributed by atoms with Crippen LogP contribution in [0.1, 0.15) is 12.8 Å². The second kappa shape index (κ2) is 5.16. The molecule has 1 rings (SSSR count). The number of nitrogens with two attached hydrogens (primary N) is 1. The van der Waals surface area contributed by atoms with Gasteiger partial charge in [0.1, 0.15) is 0 Å². The van der Waals surface area contributed by atoms with Crippen LogP contribution >= 0.6 is 0 Å². The van der Waals surface area contributed by atoms with E-state index >= 15 is 0 Å². The minimum absolute atomic E-state index is 0.0349. The topological polar surface area (TPSA) is 84.6 Å². The minimum Gasteiger partial charge on any atom is -0.479 e. The lowest BCUT2D eigenvalue weighted by Gasteiger charge is -2.11. The molecular weight excluding hydrogens is 172 g/mol. The summed E-state index contributed by atoms with van der Waals surface area (Å²) in [6, 6.07) is 0. The summed E-state index contributed by atoms with van der Waals surface area (Å²) in [6.07, 6.45) is 0.857. The minimum atomic E-state index is -0.860. The van der Waals surface area contributed by atoms with Gasteiger partial charge in [0.25, 0.3) is 0 Å². The summed E-state index contributed by atoms with van der Waals surface area (Å²) in [5.41, 5.74) is 5.29. The van der Waals surface area contributed by atoms with Crippen molar-refractivity contribution in [1.82, 2.24) is 5.32 Å². The van der Waals surface area contributed by atoms with Crippen molar-refractivity contribution in [2.45, 2.75) is 25.0 Å². The fraction of sp³-hybridized carbons (Fsp3) is 0.875. The normalized spacial score (nSPS) is 27.8. The number of carboxylic acids is 1. The van der Waals surface area contributed by atoms with Crippen LogP contribution in [0.25, 0.3) is 0 Å². The summed E-state index contributed by atoms with van der Waals surface area (Å²) in [4.78, 5) is 10.5. The van der Waals surface area contributed by atoms with Crippen molar-refractivity contribution in [3.63, 3.8) is 0 Å². The second-order valence-electron chi connectivity index (χ2n) is 3.16. The van der Waals surface area contributed by atoms with Gasteiger partial charge in [-0.1, -0.05) is 0 Å². The van der Waals surface area contributed by atoms with Gasteiger partial charge in [-0.3, -0.25) is 0 Å². The number of ether oxygens (including phenoxy) is 1. The van der Waals surface area contributed by atoms with Gasteiger partial charge in [-0.25, -0.2) is 4.79 Å². The SMILES string of the molecule is NCCNCC1CCC(C(=O)O)O1. The third-order valence-corrected chi connectivity index (χ3v) is 2.08. The predicted octanol–water partition coefficient (Wildman–Crippen LogP) is -0.833. The molecule has 0 bridgehead atoms. The van der Waals surface area contributed by atoms with Gasteiger partial charge in [0.15, 0.2) is 6.10 Å². The average molecular weight is 188 g/mol. The molecule has 1 saturated heterocycles. The zero-order valence-electron chi connectivity index (χ0n) is 7.53. The summed E-state index contributed by atoms with van der Waals surface area (Å²) in [6.45, 7) is 2.04.